The predicted molar refractivity (Wildman–Crippen MR) is 102 cm³/mol. The number of oxazole rings is 1. The average molecular weight is 355 g/mol. The monoisotopic (exact) mass is 355 g/mol. The third kappa shape index (κ3) is 4.44. The van der Waals surface area contributed by atoms with Crippen molar-refractivity contribution < 1.29 is 9.21 Å². The van der Waals surface area contributed by atoms with Crippen molar-refractivity contribution >= 4 is 17.0 Å². The second-order valence-corrected chi connectivity index (χ2v) is 7.94. The van der Waals surface area contributed by atoms with E-state index < -0.39 is 0 Å². The highest BCUT2D eigenvalue weighted by atomic mass is 16.3. The van der Waals surface area contributed by atoms with E-state index in [1.807, 2.05) is 24.3 Å². The van der Waals surface area contributed by atoms with Gasteiger partial charge in [0.25, 0.3) is 0 Å². The van der Waals surface area contributed by atoms with E-state index in [0.717, 1.165) is 36.7 Å². The number of likely N-dealkylation sites (tertiary alicyclic amines) is 1. The minimum atomic E-state index is 0.0932. The molecule has 0 radical (unpaired) electrons. The lowest BCUT2D eigenvalue weighted by Gasteiger charge is -2.40. The van der Waals surface area contributed by atoms with Crippen LogP contribution >= 0.6 is 0 Å². The number of rotatable bonds is 9. The van der Waals surface area contributed by atoms with Gasteiger partial charge in [0.05, 0.1) is 0 Å². The van der Waals surface area contributed by atoms with Crippen LogP contribution in [0.4, 0.5) is 0 Å². The largest absolute Gasteiger partial charge is 0.441 e. The smallest absolute Gasteiger partial charge is 0.220 e. The van der Waals surface area contributed by atoms with Gasteiger partial charge in [0.2, 0.25) is 5.91 Å². The van der Waals surface area contributed by atoms with E-state index in [9.17, 15) is 4.79 Å². The summed E-state index contributed by atoms with van der Waals surface area (Å²) < 4.78 is 5.66. The van der Waals surface area contributed by atoms with Crippen LogP contribution in [0.25, 0.3) is 11.1 Å². The van der Waals surface area contributed by atoms with Gasteiger partial charge in [-0.15, -0.1) is 0 Å². The van der Waals surface area contributed by atoms with Gasteiger partial charge in [-0.2, -0.15) is 0 Å². The molecule has 0 unspecified atom stereocenters. The van der Waals surface area contributed by atoms with Crippen LogP contribution in [0.1, 0.15) is 44.4 Å². The number of nitrogens with one attached hydrogen (secondary N) is 1. The molecule has 2 fully saturated rings. The topological polar surface area (TPSA) is 58.4 Å². The number of fused-ring (bicyclic) bond motifs is 1. The van der Waals surface area contributed by atoms with Crippen molar-refractivity contribution in [3.63, 3.8) is 0 Å². The van der Waals surface area contributed by atoms with E-state index in [0.29, 0.717) is 24.7 Å². The van der Waals surface area contributed by atoms with Crippen molar-refractivity contribution in [2.75, 3.05) is 26.2 Å². The normalized spacial score (nSPS) is 18.6. The van der Waals surface area contributed by atoms with Gasteiger partial charge in [0.15, 0.2) is 11.5 Å². The van der Waals surface area contributed by atoms with E-state index in [4.69, 9.17) is 4.42 Å². The molecule has 0 atom stereocenters. The van der Waals surface area contributed by atoms with Gasteiger partial charge >= 0.3 is 0 Å². The Morgan fingerprint density at radius 2 is 2.08 bits per heavy atom. The molecule has 26 heavy (non-hydrogen) atoms. The first kappa shape index (κ1) is 17.5. The number of benzene rings is 1. The summed E-state index contributed by atoms with van der Waals surface area (Å²) >= 11 is 0. The van der Waals surface area contributed by atoms with Crippen LogP contribution in [0.2, 0.25) is 0 Å². The number of hydrogen-bond acceptors (Lipinski definition) is 4. The molecule has 140 valence electrons. The fourth-order valence-corrected chi connectivity index (χ4v) is 3.97. The summed E-state index contributed by atoms with van der Waals surface area (Å²) in [6.07, 6.45) is 8.10. The molecule has 5 nitrogen and oxygen atoms in total. The summed E-state index contributed by atoms with van der Waals surface area (Å²) in [5.74, 6) is 2.37. The maximum atomic E-state index is 12.0. The van der Waals surface area contributed by atoms with Gasteiger partial charge in [-0.3, -0.25) is 4.79 Å². The quantitative estimate of drug-likeness (QED) is 0.749. The summed E-state index contributed by atoms with van der Waals surface area (Å²) in [6.45, 7) is 4.30. The van der Waals surface area contributed by atoms with E-state index in [1.54, 1.807) is 0 Å². The molecule has 2 aliphatic rings. The third-order valence-electron chi connectivity index (χ3n) is 5.84. The molecule has 1 saturated heterocycles. The Morgan fingerprint density at radius 1 is 1.23 bits per heavy atom. The zero-order valence-corrected chi connectivity index (χ0v) is 15.5. The van der Waals surface area contributed by atoms with Crippen molar-refractivity contribution in [1.82, 2.24) is 15.2 Å². The molecule has 1 aliphatic carbocycles. The lowest BCUT2D eigenvalue weighted by molar-refractivity contribution is -0.121. The molecular weight excluding hydrogens is 326 g/mol. The number of amides is 1. The Morgan fingerprint density at radius 3 is 2.85 bits per heavy atom. The van der Waals surface area contributed by atoms with E-state index >= 15 is 0 Å². The van der Waals surface area contributed by atoms with Crippen LogP contribution in [0.3, 0.4) is 0 Å². The molecule has 2 aromatic rings. The maximum Gasteiger partial charge on any atom is 0.220 e. The van der Waals surface area contributed by atoms with Gasteiger partial charge in [-0.05, 0) is 37.4 Å². The fourth-order valence-electron chi connectivity index (χ4n) is 3.97. The molecule has 0 spiro atoms. The maximum absolute atomic E-state index is 12.0. The number of para-hydroxylation sites is 2. The van der Waals surface area contributed by atoms with Crippen LogP contribution in [0.5, 0.6) is 0 Å². The van der Waals surface area contributed by atoms with Crippen LogP contribution in [0.15, 0.2) is 28.7 Å². The Balaban J connectivity index is 1.08. The molecule has 2 heterocycles. The lowest BCUT2D eigenvalue weighted by Crippen LogP contribution is -2.51. The lowest BCUT2D eigenvalue weighted by atomic mass is 9.82. The van der Waals surface area contributed by atoms with Crippen LogP contribution < -0.4 is 5.32 Å². The van der Waals surface area contributed by atoms with Crippen LogP contribution in [0, 0.1) is 11.8 Å². The third-order valence-corrected chi connectivity index (χ3v) is 5.84. The van der Waals surface area contributed by atoms with Crippen molar-refractivity contribution in [2.24, 2.45) is 11.8 Å². The molecule has 4 rings (SSSR count). The fraction of sp³-hybridized carbons (Fsp3) is 0.619. The standard InChI is InChI=1S/C21H29N3O2/c25-20(10-11-21-23-18-8-1-2-9-19(18)26-21)22-13-17-14-24(15-17)12-4-7-16-5-3-6-16/h1-2,8-9,16-17H,3-7,10-15H2,(H,22,25). The minimum absolute atomic E-state index is 0.0932. The second-order valence-electron chi connectivity index (χ2n) is 7.94. The molecule has 1 aliphatic heterocycles. The van der Waals surface area contributed by atoms with E-state index in [-0.39, 0.29) is 5.91 Å². The Labute approximate surface area is 155 Å². The van der Waals surface area contributed by atoms with Gasteiger partial charge in [-0.1, -0.05) is 31.4 Å². The van der Waals surface area contributed by atoms with Crippen molar-refractivity contribution in [3.05, 3.63) is 30.2 Å². The molecule has 1 aromatic heterocycles. The number of nitrogens with zero attached hydrogens (tertiary/aromatic N) is 2. The highest BCUT2D eigenvalue weighted by molar-refractivity contribution is 5.76. The Kier molecular flexibility index (Phi) is 5.54. The van der Waals surface area contributed by atoms with E-state index in [1.165, 1.54) is 38.6 Å². The zero-order chi connectivity index (χ0) is 17.8. The molecular formula is C21H29N3O2. The number of carbonyl (C=O) groups excluding carboxylic acids is 1. The SMILES string of the molecule is O=C(CCc1nc2ccccc2o1)NCC1CN(CCCC2CCC2)C1. The van der Waals surface area contributed by atoms with Crippen molar-refractivity contribution in [1.29, 1.82) is 0 Å². The second kappa shape index (κ2) is 8.21. The van der Waals surface area contributed by atoms with Gasteiger partial charge < -0.3 is 14.6 Å². The van der Waals surface area contributed by atoms with E-state index in [2.05, 4.69) is 15.2 Å². The van der Waals surface area contributed by atoms with Gasteiger partial charge in [-0.25, -0.2) is 4.98 Å². The first-order valence-corrected chi connectivity index (χ1v) is 10.1. The van der Waals surface area contributed by atoms with Crippen LogP contribution in [-0.4, -0.2) is 42.0 Å². The molecule has 1 N–H and O–H groups in total. The molecule has 1 amide bonds. The number of hydrogen-bond donors (Lipinski definition) is 1. The Bertz CT molecular complexity index is 699. The average Bonchev–Trinajstić information content (AvgIpc) is 2.98. The Hall–Kier alpha value is -1.88. The first-order chi connectivity index (χ1) is 12.8. The first-order valence-electron chi connectivity index (χ1n) is 10.1. The minimum Gasteiger partial charge on any atom is -0.441 e. The summed E-state index contributed by atoms with van der Waals surface area (Å²) in [5, 5.41) is 3.07. The molecule has 1 saturated carbocycles. The molecule has 1 aromatic carbocycles. The van der Waals surface area contributed by atoms with Crippen LogP contribution in [-0.2, 0) is 11.2 Å². The van der Waals surface area contributed by atoms with Gasteiger partial charge in [0, 0.05) is 38.4 Å². The summed E-state index contributed by atoms with van der Waals surface area (Å²) in [7, 11) is 0. The number of carbonyl (C=O) groups is 1. The van der Waals surface area contributed by atoms with Crippen molar-refractivity contribution in [3.8, 4) is 0 Å². The van der Waals surface area contributed by atoms with Crippen molar-refractivity contribution in [2.45, 2.75) is 44.9 Å². The van der Waals surface area contributed by atoms with Gasteiger partial charge in [0.1, 0.15) is 5.52 Å². The molecule has 5 heteroatoms. The number of aryl methyl sites for hydroxylation is 1. The molecule has 0 bridgehead atoms. The summed E-state index contributed by atoms with van der Waals surface area (Å²) in [5.41, 5.74) is 1.64. The predicted octanol–water partition coefficient (Wildman–Crippen LogP) is 3.39. The zero-order valence-electron chi connectivity index (χ0n) is 15.5. The summed E-state index contributed by atoms with van der Waals surface area (Å²) in [4.78, 5) is 19.0. The summed E-state index contributed by atoms with van der Waals surface area (Å²) in [6, 6.07) is 7.70. The highest BCUT2D eigenvalue weighted by Gasteiger charge is 2.27. The highest BCUT2D eigenvalue weighted by Crippen LogP contribution is 2.30. The number of aromatic nitrogens is 1.